The maximum absolute atomic E-state index is 5.83. The van der Waals surface area contributed by atoms with E-state index in [9.17, 15) is 0 Å². The Kier molecular flexibility index (Phi) is 4.41. The molecule has 1 aromatic rings. The van der Waals surface area contributed by atoms with Crippen molar-refractivity contribution in [2.24, 2.45) is 5.41 Å². The van der Waals surface area contributed by atoms with Crippen LogP contribution in [-0.4, -0.2) is 23.7 Å². The summed E-state index contributed by atoms with van der Waals surface area (Å²) in [5.41, 5.74) is 0.265. The zero-order valence-electron chi connectivity index (χ0n) is 11.8. The molecule has 0 bridgehead atoms. The molecule has 1 saturated carbocycles. The molecule has 0 spiro atoms. The van der Waals surface area contributed by atoms with Crippen molar-refractivity contribution in [3.8, 4) is 0 Å². The van der Waals surface area contributed by atoms with E-state index in [1.807, 2.05) is 11.6 Å². The highest BCUT2D eigenvalue weighted by Crippen LogP contribution is 2.46. The fourth-order valence-electron chi connectivity index (χ4n) is 2.83. The lowest BCUT2D eigenvalue weighted by molar-refractivity contribution is -0.127. The molecule has 3 nitrogen and oxygen atoms in total. The Morgan fingerprint density at radius 2 is 2.39 bits per heavy atom. The molecule has 18 heavy (non-hydrogen) atoms. The molecule has 4 unspecified atom stereocenters. The fraction of sp³-hybridized carbons (Fsp3) is 0.786. The van der Waals surface area contributed by atoms with E-state index >= 15 is 0 Å². The van der Waals surface area contributed by atoms with Crippen LogP contribution in [0.3, 0.4) is 0 Å². The van der Waals surface area contributed by atoms with E-state index in [0.717, 1.165) is 19.4 Å². The smallest absolute Gasteiger partial charge is 0.109 e. The summed E-state index contributed by atoms with van der Waals surface area (Å²) in [5.74, 6) is 0. The summed E-state index contributed by atoms with van der Waals surface area (Å²) < 4.78 is 5.83. The first-order valence-corrected chi connectivity index (χ1v) is 7.76. The minimum absolute atomic E-state index is 0.265. The van der Waals surface area contributed by atoms with Crippen LogP contribution in [0.2, 0.25) is 0 Å². The van der Waals surface area contributed by atoms with Gasteiger partial charge in [0.25, 0.3) is 0 Å². The first-order valence-electron chi connectivity index (χ1n) is 6.88. The van der Waals surface area contributed by atoms with Gasteiger partial charge < -0.3 is 10.1 Å². The van der Waals surface area contributed by atoms with E-state index in [0.29, 0.717) is 18.2 Å². The van der Waals surface area contributed by atoms with Crippen molar-refractivity contribution >= 4 is 11.3 Å². The molecule has 1 fully saturated rings. The summed E-state index contributed by atoms with van der Waals surface area (Å²) in [6, 6.07) is 0.876. The zero-order chi connectivity index (χ0) is 13.2. The van der Waals surface area contributed by atoms with E-state index < -0.39 is 0 Å². The summed E-state index contributed by atoms with van der Waals surface area (Å²) in [6.07, 6.45) is 4.56. The molecule has 1 aliphatic rings. The number of hydrogen-bond acceptors (Lipinski definition) is 4. The average Bonchev–Trinajstić information content (AvgIpc) is 2.90. The standard InChI is InChI=1S/C14H24N2OS/c1-5-14(4)11(9-12(14)17-6-2)16-10(3)13-15-7-8-18-13/h7-8,10-12,16H,5-6,9H2,1-4H3. The Bertz CT molecular complexity index is 368. The molecule has 0 radical (unpaired) electrons. The molecule has 2 rings (SSSR count). The SMILES string of the molecule is CCOC1CC(NC(C)c2nccs2)C1(C)CC. The average molecular weight is 268 g/mol. The van der Waals surface area contributed by atoms with E-state index in [2.05, 4.69) is 38.0 Å². The Morgan fingerprint density at radius 3 is 2.94 bits per heavy atom. The van der Waals surface area contributed by atoms with Gasteiger partial charge in [0.05, 0.1) is 12.1 Å². The van der Waals surface area contributed by atoms with Crippen LogP contribution in [0.15, 0.2) is 11.6 Å². The maximum atomic E-state index is 5.83. The minimum atomic E-state index is 0.265. The van der Waals surface area contributed by atoms with Crippen LogP contribution in [0.5, 0.6) is 0 Å². The van der Waals surface area contributed by atoms with Crippen LogP contribution in [0.1, 0.15) is 51.6 Å². The normalized spacial score (nSPS) is 33.1. The third-order valence-corrected chi connectivity index (χ3v) is 5.34. The van der Waals surface area contributed by atoms with E-state index in [1.165, 1.54) is 5.01 Å². The monoisotopic (exact) mass is 268 g/mol. The van der Waals surface area contributed by atoms with Gasteiger partial charge in [0.15, 0.2) is 0 Å². The molecule has 0 saturated heterocycles. The van der Waals surface area contributed by atoms with Gasteiger partial charge in [0.2, 0.25) is 0 Å². The number of ether oxygens (including phenoxy) is 1. The van der Waals surface area contributed by atoms with Crippen molar-refractivity contribution in [3.05, 3.63) is 16.6 Å². The van der Waals surface area contributed by atoms with Gasteiger partial charge in [-0.3, -0.25) is 0 Å². The molecule has 0 amide bonds. The largest absolute Gasteiger partial charge is 0.378 e. The highest BCUT2D eigenvalue weighted by atomic mass is 32.1. The molecule has 0 aliphatic heterocycles. The second-order valence-electron chi connectivity index (χ2n) is 5.35. The van der Waals surface area contributed by atoms with Gasteiger partial charge in [-0.25, -0.2) is 4.98 Å². The summed E-state index contributed by atoms with van der Waals surface area (Å²) in [5, 5.41) is 6.93. The minimum Gasteiger partial charge on any atom is -0.378 e. The lowest BCUT2D eigenvalue weighted by Crippen LogP contribution is -2.62. The van der Waals surface area contributed by atoms with Crippen molar-refractivity contribution in [2.75, 3.05) is 6.61 Å². The lowest BCUT2D eigenvalue weighted by Gasteiger charge is -2.54. The van der Waals surface area contributed by atoms with Gasteiger partial charge in [-0.2, -0.15) is 0 Å². The van der Waals surface area contributed by atoms with E-state index in [4.69, 9.17) is 4.74 Å². The predicted octanol–water partition coefficient (Wildman–Crippen LogP) is 3.39. The topological polar surface area (TPSA) is 34.1 Å². The summed E-state index contributed by atoms with van der Waals surface area (Å²) in [7, 11) is 0. The molecule has 4 heteroatoms. The molecule has 1 aliphatic carbocycles. The predicted molar refractivity (Wildman–Crippen MR) is 75.9 cm³/mol. The lowest BCUT2D eigenvalue weighted by atomic mass is 9.61. The summed E-state index contributed by atoms with van der Waals surface area (Å²) >= 11 is 1.72. The highest BCUT2D eigenvalue weighted by molar-refractivity contribution is 7.09. The van der Waals surface area contributed by atoms with Gasteiger partial charge in [-0.05, 0) is 26.7 Å². The highest BCUT2D eigenvalue weighted by Gasteiger charge is 2.51. The second-order valence-corrected chi connectivity index (χ2v) is 6.28. The summed E-state index contributed by atoms with van der Waals surface area (Å²) in [4.78, 5) is 4.38. The van der Waals surface area contributed by atoms with Crippen molar-refractivity contribution in [1.82, 2.24) is 10.3 Å². The van der Waals surface area contributed by atoms with E-state index in [1.54, 1.807) is 11.3 Å². The quantitative estimate of drug-likeness (QED) is 0.858. The van der Waals surface area contributed by atoms with Crippen LogP contribution in [0.4, 0.5) is 0 Å². The molecular formula is C14H24N2OS. The van der Waals surface area contributed by atoms with Gasteiger partial charge in [0, 0.05) is 29.6 Å². The van der Waals surface area contributed by atoms with Crippen molar-refractivity contribution in [3.63, 3.8) is 0 Å². The Balaban J connectivity index is 1.95. The van der Waals surface area contributed by atoms with Crippen molar-refractivity contribution < 1.29 is 4.74 Å². The molecular weight excluding hydrogens is 244 g/mol. The van der Waals surface area contributed by atoms with Crippen LogP contribution < -0.4 is 5.32 Å². The number of thiazole rings is 1. The van der Waals surface area contributed by atoms with Crippen LogP contribution >= 0.6 is 11.3 Å². The van der Waals surface area contributed by atoms with Gasteiger partial charge in [0.1, 0.15) is 5.01 Å². The Labute approximate surface area is 114 Å². The van der Waals surface area contributed by atoms with Crippen LogP contribution in [-0.2, 0) is 4.74 Å². The zero-order valence-corrected chi connectivity index (χ0v) is 12.6. The third kappa shape index (κ3) is 2.46. The van der Waals surface area contributed by atoms with Crippen LogP contribution in [0.25, 0.3) is 0 Å². The third-order valence-electron chi connectivity index (χ3n) is 4.38. The van der Waals surface area contributed by atoms with Gasteiger partial charge >= 0.3 is 0 Å². The molecule has 1 N–H and O–H groups in total. The molecule has 1 heterocycles. The number of rotatable bonds is 6. The van der Waals surface area contributed by atoms with Crippen LogP contribution in [0, 0.1) is 5.41 Å². The molecule has 0 aromatic carbocycles. The number of aromatic nitrogens is 1. The maximum Gasteiger partial charge on any atom is 0.109 e. The first-order chi connectivity index (χ1) is 8.61. The number of nitrogens with zero attached hydrogens (tertiary/aromatic N) is 1. The van der Waals surface area contributed by atoms with Gasteiger partial charge in [-0.15, -0.1) is 11.3 Å². The van der Waals surface area contributed by atoms with Gasteiger partial charge in [-0.1, -0.05) is 13.8 Å². The molecule has 1 aromatic heterocycles. The number of hydrogen-bond donors (Lipinski definition) is 1. The molecule has 4 atom stereocenters. The molecule has 102 valence electrons. The number of nitrogens with one attached hydrogen (secondary N) is 1. The Morgan fingerprint density at radius 1 is 1.61 bits per heavy atom. The van der Waals surface area contributed by atoms with Crippen molar-refractivity contribution in [1.29, 1.82) is 0 Å². The second kappa shape index (κ2) is 5.68. The Hall–Kier alpha value is -0.450. The van der Waals surface area contributed by atoms with Crippen molar-refractivity contribution in [2.45, 2.75) is 58.7 Å². The fourth-order valence-corrected chi connectivity index (χ4v) is 3.48. The van der Waals surface area contributed by atoms with E-state index in [-0.39, 0.29) is 5.41 Å². The first kappa shape index (κ1) is 14.0. The summed E-state index contributed by atoms with van der Waals surface area (Å²) in [6.45, 7) is 9.68.